The number of nitrogens with zero attached hydrogens (tertiary/aromatic N) is 1. The quantitative estimate of drug-likeness (QED) is 0.257. The first-order chi connectivity index (χ1) is 17.4. The van der Waals surface area contributed by atoms with E-state index >= 15 is 0 Å². The highest BCUT2D eigenvalue weighted by molar-refractivity contribution is 7.99. The Morgan fingerprint density at radius 1 is 0.917 bits per heavy atom. The van der Waals surface area contributed by atoms with Crippen LogP contribution in [0.1, 0.15) is 30.0 Å². The summed E-state index contributed by atoms with van der Waals surface area (Å²) in [6.07, 6.45) is 1.17. The third-order valence-corrected chi connectivity index (χ3v) is 7.53. The highest BCUT2D eigenvalue weighted by Gasteiger charge is 2.31. The number of amides is 2. The van der Waals surface area contributed by atoms with E-state index in [9.17, 15) is 9.59 Å². The molecule has 0 aliphatic carbocycles. The van der Waals surface area contributed by atoms with Gasteiger partial charge in [-0.25, -0.2) is 0 Å². The Morgan fingerprint density at radius 2 is 1.58 bits per heavy atom. The minimum absolute atomic E-state index is 0.131. The molecule has 3 aromatic carbocycles. The molecule has 0 aliphatic rings. The molecule has 0 saturated carbocycles. The molecule has 190 valence electrons. The van der Waals surface area contributed by atoms with Gasteiger partial charge < -0.3 is 10.2 Å². The van der Waals surface area contributed by atoms with Crippen LogP contribution >= 0.6 is 46.6 Å². The lowest BCUT2D eigenvalue weighted by Crippen LogP contribution is -2.51. The lowest BCUT2D eigenvalue weighted by molar-refractivity contribution is -0.139. The van der Waals surface area contributed by atoms with Gasteiger partial charge in [0.25, 0.3) is 0 Å². The van der Waals surface area contributed by atoms with E-state index in [1.165, 1.54) is 11.8 Å². The molecule has 1 N–H and O–H groups in total. The van der Waals surface area contributed by atoms with E-state index < -0.39 is 6.04 Å². The Balaban J connectivity index is 1.88. The number of carbonyl (C=O) groups excluding carboxylic acids is 2. The van der Waals surface area contributed by atoms with E-state index in [0.29, 0.717) is 39.3 Å². The summed E-state index contributed by atoms with van der Waals surface area (Å²) in [6, 6.07) is 21.8. The van der Waals surface area contributed by atoms with Crippen molar-refractivity contribution in [2.45, 2.75) is 38.1 Å². The second kappa shape index (κ2) is 14.5. The minimum Gasteiger partial charge on any atom is -0.354 e. The average Bonchev–Trinajstić information content (AvgIpc) is 2.86. The molecular weight excluding hydrogens is 535 g/mol. The van der Waals surface area contributed by atoms with Crippen molar-refractivity contribution >= 4 is 58.4 Å². The molecule has 0 saturated heterocycles. The SMILES string of the molecule is CCCNC(=O)[C@@H](Cc1ccccc1)N(Cc1c(Cl)cccc1Cl)C(=O)CSCc1cccc(Cl)c1. The van der Waals surface area contributed by atoms with Gasteiger partial charge in [0.1, 0.15) is 6.04 Å². The first kappa shape index (κ1) is 28.4. The largest absolute Gasteiger partial charge is 0.354 e. The van der Waals surface area contributed by atoms with Gasteiger partial charge in [0, 0.05) is 45.9 Å². The van der Waals surface area contributed by atoms with E-state index in [4.69, 9.17) is 34.8 Å². The fraction of sp³-hybridized carbons (Fsp3) is 0.286. The summed E-state index contributed by atoms with van der Waals surface area (Å²) in [7, 11) is 0. The molecule has 0 aromatic heterocycles. The summed E-state index contributed by atoms with van der Waals surface area (Å²) in [5, 5.41) is 4.54. The summed E-state index contributed by atoms with van der Waals surface area (Å²) in [4.78, 5) is 28.6. The van der Waals surface area contributed by atoms with Gasteiger partial charge >= 0.3 is 0 Å². The summed E-state index contributed by atoms with van der Waals surface area (Å²) in [5.41, 5.74) is 2.61. The molecule has 1 atom stereocenters. The van der Waals surface area contributed by atoms with Crippen LogP contribution in [0.4, 0.5) is 0 Å². The van der Waals surface area contributed by atoms with Crippen LogP contribution < -0.4 is 5.32 Å². The first-order valence-electron chi connectivity index (χ1n) is 11.7. The molecule has 0 unspecified atom stereocenters. The lowest BCUT2D eigenvalue weighted by Gasteiger charge is -2.32. The lowest BCUT2D eigenvalue weighted by atomic mass is 10.0. The number of thioether (sulfide) groups is 1. The molecule has 0 fully saturated rings. The van der Waals surface area contributed by atoms with E-state index in [-0.39, 0.29) is 24.1 Å². The van der Waals surface area contributed by atoms with Crippen molar-refractivity contribution in [2.75, 3.05) is 12.3 Å². The number of hydrogen-bond donors (Lipinski definition) is 1. The van der Waals surface area contributed by atoms with Crippen LogP contribution in [-0.4, -0.2) is 35.1 Å². The highest BCUT2D eigenvalue weighted by atomic mass is 35.5. The maximum Gasteiger partial charge on any atom is 0.243 e. The van der Waals surface area contributed by atoms with Crippen LogP contribution in [0.2, 0.25) is 15.1 Å². The van der Waals surface area contributed by atoms with Crippen LogP contribution in [0.15, 0.2) is 72.8 Å². The summed E-state index contributed by atoms with van der Waals surface area (Å²) in [5.74, 6) is 0.460. The molecule has 0 aliphatic heterocycles. The second-order valence-electron chi connectivity index (χ2n) is 8.34. The number of hydrogen-bond acceptors (Lipinski definition) is 3. The van der Waals surface area contributed by atoms with Crippen LogP contribution in [0, 0.1) is 0 Å². The number of nitrogens with one attached hydrogen (secondary N) is 1. The molecular formula is C28H29Cl3N2O2S. The first-order valence-corrected chi connectivity index (χ1v) is 14.0. The van der Waals surface area contributed by atoms with Gasteiger partial charge in [-0.05, 0) is 41.8 Å². The molecule has 2 amide bonds. The van der Waals surface area contributed by atoms with Gasteiger partial charge in [-0.15, -0.1) is 11.8 Å². The van der Waals surface area contributed by atoms with Crippen molar-refractivity contribution in [2.24, 2.45) is 0 Å². The molecule has 0 bridgehead atoms. The molecule has 3 rings (SSSR count). The third-order valence-electron chi connectivity index (χ3n) is 5.59. The fourth-order valence-corrected chi connectivity index (χ4v) is 5.33. The van der Waals surface area contributed by atoms with Gasteiger partial charge in [0.05, 0.1) is 5.75 Å². The van der Waals surface area contributed by atoms with Gasteiger partial charge in [-0.3, -0.25) is 9.59 Å². The molecule has 0 heterocycles. The molecule has 36 heavy (non-hydrogen) atoms. The second-order valence-corrected chi connectivity index (χ2v) is 10.6. The van der Waals surface area contributed by atoms with Crippen LogP contribution in [0.3, 0.4) is 0 Å². The Bertz CT molecular complexity index is 1140. The van der Waals surface area contributed by atoms with E-state index in [1.807, 2.05) is 61.5 Å². The van der Waals surface area contributed by atoms with Crippen molar-refractivity contribution in [1.29, 1.82) is 0 Å². The maximum absolute atomic E-state index is 13.7. The Labute approximate surface area is 232 Å². The molecule has 4 nitrogen and oxygen atoms in total. The number of carbonyl (C=O) groups is 2. The van der Waals surface area contributed by atoms with Gasteiger partial charge in [0.2, 0.25) is 11.8 Å². The average molecular weight is 564 g/mol. The summed E-state index contributed by atoms with van der Waals surface area (Å²) < 4.78 is 0. The Hall–Kier alpha value is -2.18. The number of benzene rings is 3. The Kier molecular flexibility index (Phi) is 11.5. The topological polar surface area (TPSA) is 49.4 Å². The van der Waals surface area contributed by atoms with Crippen molar-refractivity contribution in [3.05, 3.63) is 105 Å². The third kappa shape index (κ3) is 8.45. The normalized spacial score (nSPS) is 11.7. The fourth-order valence-electron chi connectivity index (χ4n) is 3.74. The van der Waals surface area contributed by atoms with Gasteiger partial charge in [-0.2, -0.15) is 0 Å². The smallest absolute Gasteiger partial charge is 0.243 e. The van der Waals surface area contributed by atoms with E-state index in [2.05, 4.69) is 5.32 Å². The summed E-state index contributed by atoms with van der Waals surface area (Å²) in [6.45, 7) is 2.65. The highest BCUT2D eigenvalue weighted by Crippen LogP contribution is 2.28. The van der Waals surface area contributed by atoms with Crippen LogP contribution in [-0.2, 0) is 28.3 Å². The van der Waals surface area contributed by atoms with Crippen molar-refractivity contribution in [3.63, 3.8) is 0 Å². The standard InChI is InChI=1S/C28H29Cl3N2O2S/c1-2-14-32-28(35)26(16-20-8-4-3-5-9-20)33(17-23-24(30)12-7-13-25(23)31)27(34)19-36-18-21-10-6-11-22(29)15-21/h3-13,15,26H,2,14,16-19H2,1H3,(H,32,35)/t26-/m1/s1. The number of rotatable bonds is 12. The zero-order valence-corrected chi connectivity index (χ0v) is 23.1. The molecule has 0 radical (unpaired) electrons. The monoisotopic (exact) mass is 562 g/mol. The van der Waals surface area contributed by atoms with Crippen molar-refractivity contribution in [1.82, 2.24) is 10.2 Å². The molecule has 8 heteroatoms. The van der Waals surface area contributed by atoms with Gasteiger partial charge in [-0.1, -0.05) is 90.3 Å². The predicted octanol–water partition coefficient (Wildman–Crippen LogP) is 7.05. The Morgan fingerprint density at radius 3 is 2.25 bits per heavy atom. The van der Waals surface area contributed by atoms with E-state index in [0.717, 1.165) is 17.5 Å². The predicted molar refractivity (Wildman–Crippen MR) is 152 cm³/mol. The number of halogens is 3. The molecule has 3 aromatic rings. The molecule has 0 spiro atoms. The van der Waals surface area contributed by atoms with Crippen molar-refractivity contribution in [3.8, 4) is 0 Å². The minimum atomic E-state index is -0.717. The van der Waals surface area contributed by atoms with Crippen molar-refractivity contribution < 1.29 is 9.59 Å². The maximum atomic E-state index is 13.7. The van der Waals surface area contributed by atoms with E-state index in [1.54, 1.807) is 23.1 Å². The summed E-state index contributed by atoms with van der Waals surface area (Å²) >= 11 is 20.5. The zero-order chi connectivity index (χ0) is 25.9. The van der Waals surface area contributed by atoms with Crippen LogP contribution in [0.5, 0.6) is 0 Å². The van der Waals surface area contributed by atoms with Crippen LogP contribution in [0.25, 0.3) is 0 Å². The zero-order valence-electron chi connectivity index (χ0n) is 20.1. The van der Waals surface area contributed by atoms with Gasteiger partial charge in [0.15, 0.2) is 0 Å².